The van der Waals surface area contributed by atoms with Gasteiger partial charge in [0, 0.05) is 5.75 Å². The Hall–Kier alpha value is 0.420. The molecule has 0 spiro atoms. The van der Waals surface area contributed by atoms with E-state index in [2.05, 4.69) is 0 Å². The molecular weight excluding hydrogens is 251 g/mol. The molecule has 96 valence electrons. The van der Waals surface area contributed by atoms with Crippen LogP contribution < -0.4 is 0 Å². The summed E-state index contributed by atoms with van der Waals surface area (Å²) in [5.41, 5.74) is -0.207. The normalized spacial score (nSPS) is 26.2. The van der Waals surface area contributed by atoms with Crippen molar-refractivity contribution in [2.24, 2.45) is 0 Å². The van der Waals surface area contributed by atoms with Crippen LogP contribution in [0.2, 0.25) is 0 Å². The third kappa shape index (κ3) is 4.35. The van der Waals surface area contributed by atoms with Crippen molar-refractivity contribution in [1.82, 2.24) is 0 Å². The lowest BCUT2D eigenvalue weighted by molar-refractivity contribution is 0.0325. The van der Waals surface area contributed by atoms with Crippen molar-refractivity contribution in [3.63, 3.8) is 0 Å². The zero-order valence-corrected chi connectivity index (χ0v) is 11.3. The van der Waals surface area contributed by atoms with E-state index in [4.69, 9.17) is 18.9 Å². The maximum Gasteiger partial charge on any atom is 0.334 e. The van der Waals surface area contributed by atoms with Gasteiger partial charge in [0.2, 0.25) is 0 Å². The molecule has 5 nitrogen and oxygen atoms in total. The second kappa shape index (κ2) is 6.99. The van der Waals surface area contributed by atoms with Crippen LogP contribution in [0.4, 0.5) is 0 Å². The highest BCUT2D eigenvalue weighted by Gasteiger charge is 2.34. The number of aliphatic hydroxyl groups is 1. The lowest BCUT2D eigenvalue weighted by Gasteiger charge is -2.19. The van der Waals surface area contributed by atoms with Crippen molar-refractivity contribution in [3.8, 4) is 0 Å². The van der Waals surface area contributed by atoms with E-state index in [1.165, 1.54) is 11.8 Å². The molecule has 1 heterocycles. The van der Waals surface area contributed by atoms with E-state index in [1.807, 2.05) is 0 Å². The minimum absolute atomic E-state index is 0.00291. The Morgan fingerprint density at radius 3 is 2.50 bits per heavy atom. The summed E-state index contributed by atoms with van der Waals surface area (Å²) in [4.78, 5) is 0. The maximum absolute atomic E-state index is 12.2. The predicted molar refractivity (Wildman–Crippen MR) is 63.9 cm³/mol. The fourth-order valence-corrected chi connectivity index (χ4v) is 4.76. The first-order valence-electron chi connectivity index (χ1n) is 5.39. The van der Waals surface area contributed by atoms with Gasteiger partial charge in [-0.1, -0.05) is 0 Å². The SMILES string of the molecule is CCOP(=O)(C[C@H]1O[C@@H](CO)CS1)OCC. The van der Waals surface area contributed by atoms with E-state index >= 15 is 0 Å². The molecular formula is C9H19O5PS. The number of rotatable bonds is 7. The van der Waals surface area contributed by atoms with Crippen LogP contribution in [0.5, 0.6) is 0 Å². The summed E-state index contributed by atoms with van der Waals surface area (Å²) < 4.78 is 28.0. The summed E-state index contributed by atoms with van der Waals surface area (Å²) in [6, 6.07) is 0. The average molecular weight is 270 g/mol. The van der Waals surface area contributed by atoms with Crippen molar-refractivity contribution >= 4 is 19.4 Å². The third-order valence-corrected chi connectivity index (χ3v) is 5.58. The lowest BCUT2D eigenvalue weighted by atomic mass is 10.4. The van der Waals surface area contributed by atoms with Crippen molar-refractivity contribution in [2.75, 3.05) is 31.7 Å². The molecule has 0 amide bonds. The van der Waals surface area contributed by atoms with Gasteiger partial charge in [0.05, 0.1) is 32.1 Å². The van der Waals surface area contributed by atoms with E-state index in [9.17, 15) is 4.57 Å². The molecule has 16 heavy (non-hydrogen) atoms. The van der Waals surface area contributed by atoms with Gasteiger partial charge in [-0.3, -0.25) is 4.57 Å². The van der Waals surface area contributed by atoms with E-state index in [-0.39, 0.29) is 24.3 Å². The molecule has 7 heteroatoms. The maximum atomic E-state index is 12.2. The standard InChI is InChI=1S/C9H19O5PS/c1-3-12-15(11,13-4-2)6-9-14-8(5-10)7-16-9/h8-10H,3-7H2,1-2H3/t8-,9-/m0/s1. The number of hydrogen-bond acceptors (Lipinski definition) is 6. The third-order valence-electron chi connectivity index (χ3n) is 2.04. The zero-order chi connectivity index (χ0) is 12.0. The number of ether oxygens (including phenoxy) is 1. The minimum atomic E-state index is -3.03. The first-order valence-corrected chi connectivity index (χ1v) is 8.17. The van der Waals surface area contributed by atoms with Gasteiger partial charge in [0.1, 0.15) is 5.44 Å². The summed E-state index contributed by atoms with van der Waals surface area (Å²) in [6.45, 7) is 4.28. The minimum Gasteiger partial charge on any atom is -0.394 e. The Balaban J connectivity index is 2.46. The Labute approximate surface area is 100 Å². The molecule has 0 aliphatic carbocycles. The summed E-state index contributed by atoms with van der Waals surface area (Å²) in [6.07, 6.45) is 0.0854. The molecule has 0 unspecified atom stereocenters. The number of thioether (sulfide) groups is 1. The largest absolute Gasteiger partial charge is 0.394 e. The number of hydrogen-bond donors (Lipinski definition) is 1. The zero-order valence-electron chi connectivity index (χ0n) is 9.63. The lowest BCUT2D eigenvalue weighted by Crippen LogP contribution is -2.19. The first-order chi connectivity index (χ1) is 7.63. The predicted octanol–water partition coefficient (Wildman–Crippen LogP) is 1.70. The second-order valence-corrected chi connectivity index (χ2v) is 6.63. The van der Waals surface area contributed by atoms with Gasteiger partial charge in [0.15, 0.2) is 0 Å². The van der Waals surface area contributed by atoms with Crippen molar-refractivity contribution in [2.45, 2.75) is 25.4 Å². The van der Waals surface area contributed by atoms with Crippen molar-refractivity contribution < 1.29 is 23.5 Å². The highest BCUT2D eigenvalue weighted by atomic mass is 32.2. The monoisotopic (exact) mass is 270 g/mol. The Kier molecular flexibility index (Phi) is 6.32. The van der Waals surface area contributed by atoms with Crippen LogP contribution in [0.25, 0.3) is 0 Å². The summed E-state index contributed by atoms with van der Waals surface area (Å²) in [5, 5.41) is 8.92. The molecule has 1 N–H and O–H groups in total. The van der Waals surface area contributed by atoms with Crippen LogP contribution in [0.15, 0.2) is 0 Å². The molecule has 0 aromatic rings. The summed E-state index contributed by atoms with van der Waals surface area (Å²) >= 11 is 1.54. The van der Waals surface area contributed by atoms with Gasteiger partial charge in [-0.25, -0.2) is 0 Å². The molecule has 0 aromatic carbocycles. The van der Waals surface area contributed by atoms with Crippen LogP contribution in [0.3, 0.4) is 0 Å². The van der Waals surface area contributed by atoms with Crippen molar-refractivity contribution in [3.05, 3.63) is 0 Å². The molecule has 2 atom stereocenters. The van der Waals surface area contributed by atoms with Gasteiger partial charge in [0.25, 0.3) is 0 Å². The molecule has 1 rings (SSSR count). The molecule has 1 aliphatic heterocycles. The summed E-state index contributed by atoms with van der Waals surface area (Å²) in [7, 11) is -3.03. The van der Waals surface area contributed by atoms with Crippen LogP contribution >= 0.6 is 19.4 Å². The molecule has 1 aliphatic rings. The Bertz CT molecular complexity index is 240. The smallest absolute Gasteiger partial charge is 0.334 e. The van der Waals surface area contributed by atoms with E-state index in [0.29, 0.717) is 13.2 Å². The number of aliphatic hydroxyl groups excluding tert-OH is 1. The topological polar surface area (TPSA) is 65.0 Å². The molecule has 1 saturated heterocycles. The molecule has 0 aromatic heterocycles. The van der Waals surface area contributed by atoms with Crippen LogP contribution in [-0.4, -0.2) is 48.4 Å². The van der Waals surface area contributed by atoms with Gasteiger partial charge in [-0.15, -0.1) is 11.8 Å². The van der Waals surface area contributed by atoms with Crippen molar-refractivity contribution in [1.29, 1.82) is 0 Å². The molecule has 0 bridgehead atoms. The van der Waals surface area contributed by atoms with Gasteiger partial charge in [-0.05, 0) is 13.8 Å². The van der Waals surface area contributed by atoms with E-state index in [0.717, 1.165) is 5.75 Å². The Morgan fingerprint density at radius 1 is 1.44 bits per heavy atom. The first kappa shape index (κ1) is 14.5. The fourth-order valence-electron chi connectivity index (χ4n) is 1.42. The van der Waals surface area contributed by atoms with E-state index < -0.39 is 7.60 Å². The highest BCUT2D eigenvalue weighted by Crippen LogP contribution is 2.51. The molecule has 0 saturated carbocycles. The summed E-state index contributed by atoms with van der Waals surface area (Å²) in [5.74, 6) is 0.722. The van der Waals surface area contributed by atoms with Gasteiger partial charge < -0.3 is 18.9 Å². The van der Waals surface area contributed by atoms with Gasteiger partial charge >= 0.3 is 7.60 Å². The Morgan fingerprint density at radius 2 is 2.06 bits per heavy atom. The van der Waals surface area contributed by atoms with Crippen LogP contribution in [-0.2, 0) is 18.3 Å². The van der Waals surface area contributed by atoms with Gasteiger partial charge in [-0.2, -0.15) is 0 Å². The fraction of sp³-hybridized carbons (Fsp3) is 1.00. The van der Waals surface area contributed by atoms with Crippen LogP contribution in [0, 0.1) is 0 Å². The second-order valence-electron chi connectivity index (χ2n) is 3.33. The molecule has 1 fully saturated rings. The average Bonchev–Trinajstić information content (AvgIpc) is 2.65. The van der Waals surface area contributed by atoms with E-state index in [1.54, 1.807) is 13.8 Å². The molecule has 0 radical (unpaired) electrons. The quantitative estimate of drug-likeness (QED) is 0.710. The van der Waals surface area contributed by atoms with Crippen LogP contribution in [0.1, 0.15) is 13.8 Å². The highest BCUT2D eigenvalue weighted by molar-refractivity contribution is 8.00.